The van der Waals surface area contributed by atoms with E-state index < -0.39 is 0 Å². The summed E-state index contributed by atoms with van der Waals surface area (Å²) in [5.41, 5.74) is 1.62. The highest BCUT2D eigenvalue weighted by Gasteiger charge is 2.27. The quantitative estimate of drug-likeness (QED) is 0.364. The molecule has 1 aliphatic heterocycles. The first-order valence-corrected chi connectivity index (χ1v) is 6.96. The van der Waals surface area contributed by atoms with Crippen LogP contribution in [0.15, 0.2) is 66.2 Å². The van der Waals surface area contributed by atoms with Crippen molar-refractivity contribution < 1.29 is 14.3 Å². The largest absolute Gasteiger partial charge is 0.423 e. The minimum Gasteiger partial charge on any atom is -0.423 e. The van der Waals surface area contributed by atoms with Crippen molar-refractivity contribution in [1.82, 2.24) is 0 Å². The molecule has 0 saturated carbocycles. The van der Waals surface area contributed by atoms with Gasteiger partial charge in [0.25, 0.3) is 0 Å². The molecule has 0 amide bonds. The summed E-state index contributed by atoms with van der Waals surface area (Å²) in [6, 6.07) is 18.9. The van der Waals surface area contributed by atoms with Crippen molar-refractivity contribution >= 4 is 12.0 Å². The Hall–Kier alpha value is -2.39. The van der Waals surface area contributed by atoms with Crippen LogP contribution < -0.4 is 4.74 Å². The van der Waals surface area contributed by atoms with Crippen LogP contribution in [0, 0.1) is 0 Å². The number of carbonyl (C=O) groups excluding carboxylic acids is 1. The third kappa shape index (κ3) is 4.04. The van der Waals surface area contributed by atoms with E-state index in [1.807, 2.05) is 54.6 Å². The molecule has 0 radical (unpaired) electrons. The molecule has 106 valence electrons. The Morgan fingerprint density at radius 3 is 2.33 bits per heavy atom. The summed E-state index contributed by atoms with van der Waals surface area (Å²) >= 11 is 0. The topological polar surface area (TPSA) is 38.8 Å². The fraction of sp³-hybridized carbons (Fsp3) is 0.167. The van der Waals surface area contributed by atoms with Gasteiger partial charge in [0.1, 0.15) is 5.75 Å². The lowest BCUT2D eigenvalue weighted by atomic mass is 10.1. The van der Waals surface area contributed by atoms with Crippen LogP contribution in [0.4, 0.5) is 0 Å². The smallest absolute Gasteiger partial charge is 0.339 e. The zero-order valence-electron chi connectivity index (χ0n) is 11.6. The molecule has 1 unspecified atom stereocenters. The molecule has 3 nitrogen and oxygen atoms in total. The summed E-state index contributed by atoms with van der Waals surface area (Å²) < 4.78 is 10.6. The monoisotopic (exact) mass is 280 g/mol. The van der Waals surface area contributed by atoms with Crippen LogP contribution in [0.1, 0.15) is 12.0 Å². The Kier molecular flexibility index (Phi) is 4.12. The molecular weight excluding hydrogens is 264 g/mol. The lowest BCUT2D eigenvalue weighted by molar-refractivity contribution is -0.130. The van der Waals surface area contributed by atoms with Gasteiger partial charge >= 0.3 is 5.97 Å². The number of ether oxygens (including phenoxy) is 2. The molecule has 1 atom stereocenters. The molecular formula is C18H16O3. The van der Waals surface area contributed by atoms with Crippen LogP contribution >= 0.6 is 0 Å². The van der Waals surface area contributed by atoms with Crippen molar-refractivity contribution in [3.63, 3.8) is 0 Å². The van der Waals surface area contributed by atoms with Gasteiger partial charge in [-0.3, -0.25) is 0 Å². The van der Waals surface area contributed by atoms with Crippen molar-refractivity contribution in [2.45, 2.75) is 12.5 Å². The summed E-state index contributed by atoms with van der Waals surface area (Å²) in [4.78, 5) is 12.3. The Morgan fingerprint density at radius 1 is 1.10 bits per heavy atom. The lowest BCUT2D eigenvalue weighted by Crippen LogP contribution is -2.13. The van der Waals surface area contributed by atoms with E-state index in [1.165, 1.54) is 0 Å². The average molecular weight is 280 g/mol. The lowest BCUT2D eigenvalue weighted by Gasteiger charge is -2.07. The van der Waals surface area contributed by atoms with E-state index in [-0.39, 0.29) is 12.1 Å². The highest BCUT2D eigenvalue weighted by atomic mass is 16.6. The number of para-hydroxylation sites is 1. The summed E-state index contributed by atoms with van der Waals surface area (Å²) in [7, 11) is 0. The van der Waals surface area contributed by atoms with Crippen LogP contribution in [-0.4, -0.2) is 18.7 Å². The highest BCUT2D eigenvalue weighted by Crippen LogP contribution is 2.23. The first-order chi connectivity index (χ1) is 10.3. The second-order valence-corrected chi connectivity index (χ2v) is 4.94. The molecule has 1 heterocycles. The van der Waals surface area contributed by atoms with Gasteiger partial charge in [0.15, 0.2) is 0 Å². The van der Waals surface area contributed by atoms with Crippen LogP contribution in [0.2, 0.25) is 0 Å². The maximum atomic E-state index is 12.3. The Labute approximate surface area is 123 Å². The van der Waals surface area contributed by atoms with E-state index in [2.05, 4.69) is 0 Å². The van der Waals surface area contributed by atoms with Crippen molar-refractivity contribution in [3.05, 3.63) is 71.8 Å². The van der Waals surface area contributed by atoms with Crippen molar-refractivity contribution in [1.29, 1.82) is 0 Å². The van der Waals surface area contributed by atoms with E-state index in [0.29, 0.717) is 24.4 Å². The van der Waals surface area contributed by atoms with Gasteiger partial charge in [-0.15, -0.1) is 0 Å². The van der Waals surface area contributed by atoms with Crippen LogP contribution in [0.3, 0.4) is 0 Å². The molecule has 21 heavy (non-hydrogen) atoms. The van der Waals surface area contributed by atoms with E-state index in [9.17, 15) is 4.79 Å². The summed E-state index contributed by atoms with van der Waals surface area (Å²) in [6.07, 6.45) is 2.59. The zero-order chi connectivity index (χ0) is 14.5. The summed E-state index contributed by atoms with van der Waals surface area (Å²) in [5, 5.41) is 0. The second kappa shape index (κ2) is 6.37. The third-order valence-electron chi connectivity index (χ3n) is 3.21. The SMILES string of the molecule is O=C(Oc1ccccc1)C(=Cc1ccccc1)CC1CO1. The van der Waals surface area contributed by atoms with Crippen molar-refractivity contribution in [2.75, 3.05) is 6.61 Å². The van der Waals surface area contributed by atoms with E-state index in [0.717, 1.165) is 5.56 Å². The fourth-order valence-electron chi connectivity index (χ4n) is 2.04. The van der Waals surface area contributed by atoms with E-state index in [4.69, 9.17) is 9.47 Å². The van der Waals surface area contributed by atoms with E-state index in [1.54, 1.807) is 12.1 Å². The third-order valence-corrected chi connectivity index (χ3v) is 3.21. The molecule has 0 N–H and O–H groups in total. The van der Waals surface area contributed by atoms with Crippen LogP contribution in [-0.2, 0) is 9.53 Å². The number of carbonyl (C=O) groups is 1. The van der Waals surface area contributed by atoms with E-state index >= 15 is 0 Å². The van der Waals surface area contributed by atoms with Gasteiger partial charge in [-0.25, -0.2) is 4.79 Å². The van der Waals surface area contributed by atoms with Gasteiger partial charge in [-0.05, 0) is 23.8 Å². The van der Waals surface area contributed by atoms with Gasteiger partial charge in [-0.2, -0.15) is 0 Å². The average Bonchev–Trinajstić information content (AvgIpc) is 3.33. The normalized spacial score (nSPS) is 17.3. The molecule has 0 aromatic heterocycles. The van der Waals surface area contributed by atoms with Gasteiger partial charge in [0, 0.05) is 12.0 Å². The minimum atomic E-state index is -0.319. The maximum absolute atomic E-state index is 12.3. The highest BCUT2D eigenvalue weighted by molar-refractivity contribution is 5.95. The van der Waals surface area contributed by atoms with Crippen LogP contribution in [0.5, 0.6) is 5.75 Å². The molecule has 2 aromatic rings. The van der Waals surface area contributed by atoms with Crippen molar-refractivity contribution in [2.24, 2.45) is 0 Å². The molecule has 1 saturated heterocycles. The predicted molar refractivity (Wildman–Crippen MR) is 80.9 cm³/mol. The zero-order valence-corrected chi connectivity index (χ0v) is 11.6. The van der Waals surface area contributed by atoms with Crippen molar-refractivity contribution in [3.8, 4) is 5.75 Å². The molecule has 3 rings (SSSR count). The number of hydrogen-bond donors (Lipinski definition) is 0. The fourth-order valence-corrected chi connectivity index (χ4v) is 2.04. The molecule has 0 aliphatic carbocycles. The number of hydrogen-bond acceptors (Lipinski definition) is 3. The Balaban J connectivity index is 1.78. The number of rotatable bonds is 5. The van der Waals surface area contributed by atoms with Gasteiger partial charge in [-0.1, -0.05) is 48.5 Å². The predicted octanol–water partition coefficient (Wildman–Crippen LogP) is 3.46. The molecule has 0 bridgehead atoms. The molecule has 2 aromatic carbocycles. The number of benzene rings is 2. The summed E-state index contributed by atoms with van der Waals surface area (Å²) in [5.74, 6) is 0.235. The van der Waals surface area contributed by atoms with Gasteiger partial charge in [0.05, 0.1) is 12.7 Å². The minimum absolute atomic E-state index is 0.142. The maximum Gasteiger partial charge on any atom is 0.339 e. The number of epoxide rings is 1. The molecule has 3 heteroatoms. The molecule has 0 spiro atoms. The second-order valence-electron chi connectivity index (χ2n) is 4.94. The van der Waals surface area contributed by atoms with Gasteiger partial charge < -0.3 is 9.47 Å². The van der Waals surface area contributed by atoms with Gasteiger partial charge in [0.2, 0.25) is 0 Å². The first-order valence-electron chi connectivity index (χ1n) is 6.96. The molecule has 1 fully saturated rings. The Morgan fingerprint density at radius 2 is 1.71 bits per heavy atom. The summed E-state index contributed by atoms with van der Waals surface area (Å²) in [6.45, 7) is 0.713. The first kappa shape index (κ1) is 13.6. The Bertz CT molecular complexity index is 628. The van der Waals surface area contributed by atoms with Crippen LogP contribution in [0.25, 0.3) is 6.08 Å². The molecule has 1 aliphatic rings. The number of esters is 1. The standard InChI is InChI=1S/C18H16O3/c19-18(21-16-9-5-2-6-10-16)15(12-17-13-20-17)11-14-7-3-1-4-8-14/h1-11,17H,12-13H2.